The lowest BCUT2D eigenvalue weighted by Gasteiger charge is -2.26. The van der Waals surface area contributed by atoms with Crippen LogP contribution >= 0.6 is 0 Å². The number of fused-ring (bicyclic) bond motifs is 3. The molecule has 0 aromatic heterocycles. The number of hydrogen-bond donors (Lipinski definition) is 2. The van der Waals surface area contributed by atoms with Crippen molar-refractivity contribution in [3.63, 3.8) is 0 Å². The number of ether oxygens (including phenoxy) is 1. The average molecular weight is 473 g/mol. The first-order chi connectivity index (χ1) is 17.0. The number of amides is 2. The summed E-state index contributed by atoms with van der Waals surface area (Å²) in [4.78, 5) is 38.2. The van der Waals surface area contributed by atoms with E-state index in [0.717, 1.165) is 22.3 Å². The number of hydrogen-bond acceptors (Lipinski definition) is 4. The number of carbonyl (C=O) groups excluding carboxylic acids is 2. The maximum Gasteiger partial charge on any atom is 0.407 e. The third kappa shape index (κ3) is 5.51. The van der Waals surface area contributed by atoms with Gasteiger partial charge in [0.1, 0.15) is 12.6 Å². The summed E-state index contributed by atoms with van der Waals surface area (Å²) in [5, 5.41) is 11.6. The van der Waals surface area contributed by atoms with Crippen LogP contribution in [0.4, 0.5) is 10.5 Å². The van der Waals surface area contributed by atoms with E-state index in [1.807, 2.05) is 42.5 Å². The van der Waals surface area contributed by atoms with E-state index in [-0.39, 0.29) is 31.4 Å². The first kappa shape index (κ1) is 24.0. The van der Waals surface area contributed by atoms with Crippen molar-refractivity contribution in [2.24, 2.45) is 0 Å². The van der Waals surface area contributed by atoms with Gasteiger partial charge in [0.05, 0.1) is 0 Å². The third-order valence-electron chi connectivity index (χ3n) is 6.15. The number of anilines is 1. The highest BCUT2D eigenvalue weighted by molar-refractivity contribution is 5.98. The molecular weight excluding hydrogens is 444 g/mol. The van der Waals surface area contributed by atoms with Crippen molar-refractivity contribution in [3.05, 3.63) is 90.0 Å². The van der Waals surface area contributed by atoms with E-state index in [1.54, 1.807) is 31.2 Å². The fourth-order valence-electron chi connectivity index (χ4n) is 4.48. The second-order valence-electron chi connectivity index (χ2n) is 8.51. The van der Waals surface area contributed by atoms with E-state index >= 15 is 0 Å². The van der Waals surface area contributed by atoms with Gasteiger partial charge in [0.25, 0.3) is 0 Å². The Hall–Kier alpha value is -4.13. The summed E-state index contributed by atoms with van der Waals surface area (Å²) >= 11 is 0. The molecule has 7 heteroatoms. The smallest absolute Gasteiger partial charge is 0.407 e. The number of nitrogens with zero attached hydrogens (tertiary/aromatic N) is 1. The normalized spacial score (nSPS) is 12.8. The summed E-state index contributed by atoms with van der Waals surface area (Å²) in [7, 11) is 0. The Morgan fingerprint density at radius 1 is 0.914 bits per heavy atom. The zero-order valence-corrected chi connectivity index (χ0v) is 19.5. The largest absolute Gasteiger partial charge is 0.481 e. The molecule has 2 N–H and O–H groups in total. The first-order valence-corrected chi connectivity index (χ1v) is 11.7. The third-order valence-corrected chi connectivity index (χ3v) is 6.15. The molecule has 0 saturated heterocycles. The Kier molecular flexibility index (Phi) is 7.45. The number of nitrogens with one attached hydrogen (secondary N) is 1. The van der Waals surface area contributed by atoms with Gasteiger partial charge in [0.2, 0.25) is 5.91 Å². The molecular formula is C28H28N2O5. The minimum atomic E-state index is -0.921. The fourth-order valence-corrected chi connectivity index (χ4v) is 4.48. The summed E-state index contributed by atoms with van der Waals surface area (Å²) in [6.45, 7) is 1.98. The molecule has 0 saturated carbocycles. The molecule has 0 bridgehead atoms. The summed E-state index contributed by atoms with van der Waals surface area (Å²) < 4.78 is 5.56. The minimum absolute atomic E-state index is 0.0508. The zero-order chi connectivity index (χ0) is 24.8. The van der Waals surface area contributed by atoms with Crippen LogP contribution in [0, 0.1) is 0 Å². The lowest BCUT2D eigenvalue weighted by Crippen LogP contribution is -2.47. The topological polar surface area (TPSA) is 95.9 Å². The van der Waals surface area contributed by atoms with Crippen molar-refractivity contribution in [2.45, 2.75) is 31.7 Å². The molecule has 1 aliphatic rings. The highest BCUT2D eigenvalue weighted by Crippen LogP contribution is 2.44. The van der Waals surface area contributed by atoms with Crippen LogP contribution in [0.15, 0.2) is 78.9 Å². The van der Waals surface area contributed by atoms with Crippen LogP contribution in [0.2, 0.25) is 0 Å². The molecule has 0 heterocycles. The van der Waals surface area contributed by atoms with Gasteiger partial charge in [-0.25, -0.2) is 4.79 Å². The van der Waals surface area contributed by atoms with Crippen molar-refractivity contribution in [1.82, 2.24) is 5.32 Å². The van der Waals surface area contributed by atoms with Gasteiger partial charge < -0.3 is 20.1 Å². The van der Waals surface area contributed by atoms with Gasteiger partial charge in [-0.05, 0) is 47.7 Å². The van der Waals surface area contributed by atoms with E-state index in [9.17, 15) is 14.4 Å². The standard InChI is InChI=1S/C28H28N2O5/c1-19(27(33)30(17-9-16-26(31)32)20-10-3-2-4-11-20)29-28(34)35-18-25-23-14-7-5-12-21(23)22-13-6-8-15-24(22)25/h2-8,10-15,19,25H,9,16-18H2,1H3,(H,29,34)(H,31,32). The fraction of sp³-hybridized carbons (Fsp3) is 0.250. The lowest BCUT2D eigenvalue weighted by molar-refractivity contribution is -0.137. The molecule has 1 aliphatic carbocycles. The molecule has 0 spiro atoms. The molecule has 180 valence electrons. The van der Waals surface area contributed by atoms with Gasteiger partial charge in [-0.15, -0.1) is 0 Å². The highest BCUT2D eigenvalue weighted by atomic mass is 16.5. The van der Waals surface area contributed by atoms with Crippen LogP contribution in [-0.2, 0) is 14.3 Å². The molecule has 4 rings (SSSR count). The lowest BCUT2D eigenvalue weighted by atomic mass is 9.98. The molecule has 0 aliphatic heterocycles. The molecule has 1 unspecified atom stereocenters. The van der Waals surface area contributed by atoms with Crippen molar-refractivity contribution < 1.29 is 24.2 Å². The molecule has 1 atom stereocenters. The second-order valence-corrected chi connectivity index (χ2v) is 8.51. The van der Waals surface area contributed by atoms with Gasteiger partial charge in [0.15, 0.2) is 0 Å². The van der Waals surface area contributed by atoms with E-state index in [1.165, 1.54) is 4.90 Å². The molecule has 0 fully saturated rings. The van der Waals surface area contributed by atoms with Gasteiger partial charge in [-0.3, -0.25) is 9.59 Å². The van der Waals surface area contributed by atoms with Crippen LogP contribution in [0.5, 0.6) is 0 Å². The Balaban J connectivity index is 1.39. The second kappa shape index (κ2) is 10.9. The number of carboxylic acid groups (broad SMARTS) is 1. The van der Waals surface area contributed by atoms with Crippen molar-refractivity contribution >= 4 is 23.7 Å². The Morgan fingerprint density at radius 2 is 1.49 bits per heavy atom. The number of benzene rings is 3. The maximum absolute atomic E-state index is 13.2. The van der Waals surface area contributed by atoms with Gasteiger partial charge in [-0.2, -0.15) is 0 Å². The van der Waals surface area contributed by atoms with E-state index in [4.69, 9.17) is 9.84 Å². The highest BCUT2D eigenvalue weighted by Gasteiger charge is 2.30. The van der Waals surface area contributed by atoms with Gasteiger partial charge >= 0.3 is 12.1 Å². The van der Waals surface area contributed by atoms with Crippen LogP contribution in [-0.4, -0.2) is 42.3 Å². The minimum Gasteiger partial charge on any atom is -0.481 e. The summed E-state index contributed by atoms with van der Waals surface area (Å²) in [5.41, 5.74) is 5.14. The summed E-state index contributed by atoms with van der Waals surface area (Å²) in [6, 6.07) is 24.3. The number of rotatable bonds is 9. The summed E-state index contributed by atoms with van der Waals surface area (Å²) in [6.07, 6.45) is -0.426. The maximum atomic E-state index is 13.2. The molecule has 7 nitrogen and oxygen atoms in total. The number of aliphatic carboxylic acids is 1. The van der Waals surface area contributed by atoms with Crippen molar-refractivity contribution in [2.75, 3.05) is 18.1 Å². The van der Waals surface area contributed by atoms with Crippen LogP contribution < -0.4 is 10.2 Å². The Morgan fingerprint density at radius 3 is 2.09 bits per heavy atom. The summed E-state index contributed by atoms with van der Waals surface area (Å²) in [5.74, 6) is -1.33. The number of alkyl carbamates (subject to hydrolysis) is 1. The Bertz CT molecular complexity index is 1170. The van der Waals surface area contributed by atoms with Crippen LogP contribution in [0.25, 0.3) is 11.1 Å². The van der Waals surface area contributed by atoms with Crippen molar-refractivity contribution in [1.29, 1.82) is 0 Å². The number of carboxylic acids is 1. The van der Waals surface area contributed by atoms with Crippen LogP contribution in [0.1, 0.15) is 36.8 Å². The zero-order valence-electron chi connectivity index (χ0n) is 19.5. The quantitative estimate of drug-likeness (QED) is 0.466. The predicted octanol–water partition coefficient (Wildman–Crippen LogP) is 4.81. The van der Waals surface area contributed by atoms with E-state index in [2.05, 4.69) is 17.4 Å². The van der Waals surface area contributed by atoms with Crippen LogP contribution in [0.3, 0.4) is 0 Å². The molecule has 3 aromatic rings. The first-order valence-electron chi connectivity index (χ1n) is 11.7. The average Bonchev–Trinajstić information content (AvgIpc) is 3.19. The molecule has 35 heavy (non-hydrogen) atoms. The SMILES string of the molecule is CC(NC(=O)OCC1c2ccccc2-c2ccccc21)C(=O)N(CCCC(=O)O)c1ccccc1. The van der Waals surface area contributed by atoms with Gasteiger partial charge in [-0.1, -0.05) is 66.7 Å². The number of para-hydroxylation sites is 1. The van der Waals surface area contributed by atoms with Crippen molar-refractivity contribution in [3.8, 4) is 11.1 Å². The predicted molar refractivity (Wildman–Crippen MR) is 133 cm³/mol. The molecule has 3 aromatic carbocycles. The number of carbonyl (C=O) groups is 3. The molecule has 2 amide bonds. The van der Waals surface area contributed by atoms with Gasteiger partial charge in [0, 0.05) is 24.6 Å². The Labute approximate surface area is 204 Å². The monoisotopic (exact) mass is 472 g/mol. The van der Waals surface area contributed by atoms with E-state index < -0.39 is 18.1 Å². The van der Waals surface area contributed by atoms with E-state index in [0.29, 0.717) is 12.1 Å². The molecule has 0 radical (unpaired) electrons.